The minimum Gasteiger partial charge on any atom is -0.493 e. The highest BCUT2D eigenvalue weighted by Gasteiger charge is 2.18. The van der Waals surface area contributed by atoms with Crippen molar-refractivity contribution < 1.29 is 9.47 Å². The molecular weight excluding hydrogens is 422 g/mol. The number of fused-ring (bicyclic) bond motifs is 2. The molecule has 32 heavy (non-hydrogen) atoms. The van der Waals surface area contributed by atoms with E-state index in [1.807, 2.05) is 61.5 Å². The average molecular weight is 446 g/mol. The van der Waals surface area contributed by atoms with E-state index in [4.69, 9.17) is 9.47 Å². The number of nitrogens with zero attached hydrogens (tertiary/aromatic N) is 3. The summed E-state index contributed by atoms with van der Waals surface area (Å²) in [6.45, 7) is 6.87. The summed E-state index contributed by atoms with van der Waals surface area (Å²) in [5, 5.41) is 4.45. The maximum atomic E-state index is 13.0. The summed E-state index contributed by atoms with van der Waals surface area (Å²) in [6, 6.07) is 15.5. The van der Waals surface area contributed by atoms with Crippen molar-refractivity contribution >= 4 is 28.4 Å². The fourth-order valence-corrected chi connectivity index (χ4v) is 4.40. The van der Waals surface area contributed by atoms with Gasteiger partial charge in [-0.3, -0.25) is 4.79 Å². The summed E-state index contributed by atoms with van der Waals surface area (Å²) in [5.41, 5.74) is 2.62. The van der Waals surface area contributed by atoms with Crippen LogP contribution in [0.4, 0.5) is 0 Å². The van der Waals surface area contributed by atoms with E-state index in [0.717, 1.165) is 28.2 Å². The van der Waals surface area contributed by atoms with Gasteiger partial charge in [-0.05, 0) is 60.9 Å². The van der Waals surface area contributed by atoms with Crippen molar-refractivity contribution in [1.82, 2.24) is 14.6 Å². The molecule has 6 nitrogen and oxygen atoms in total. The minimum atomic E-state index is -0.174. The van der Waals surface area contributed by atoms with Crippen LogP contribution in [0.5, 0.6) is 11.5 Å². The number of hydrogen-bond acceptors (Lipinski definition) is 6. The fourth-order valence-electron chi connectivity index (χ4n) is 3.49. The zero-order valence-electron chi connectivity index (χ0n) is 18.1. The fraction of sp³-hybridized carbons (Fsp3) is 0.240. The molecule has 162 valence electrons. The first-order valence-corrected chi connectivity index (χ1v) is 11.4. The molecule has 1 aliphatic heterocycles. The topological polar surface area (TPSA) is 65.7 Å². The largest absolute Gasteiger partial charge is 0.493 e. The molecule has 1 unspecified atom stereocenters. The highest BCUT2D eigenvalue weighted by Crippen LogP contribution is 2.29. The van der Waals surface area contributed by atoms with Crippen LogP contribution in [0, 0.1) is 5.92 Å². The van der Waals surface area contributed by atoms with Crippen molar-refractivity contribution in [1.29, 1.82) is 0 Å². The van der Waals surface area contributed by atoms with Crippen LogP contribution in [0.1, 0.15) is 26.3 Å². The van der Waals surface area contributed by atoms with Crippen LogP contribution in [0.2, 0.25) is 0 Å². The Morgan fingerprint density at radius 2 is 1.97 bits per heavy atom. The third-order valence-electron chi connectivity index (χ3n) is 5.19. The summed E-state index contributed by atoms with van der Waals surface area (Å²) < 4.78 is 13.7. The standard InChI is InChI=1S/C25H23N3O3S/c1-15(2)14-30-20-10-8-17(9-11-20)23-26-25-28(27-23)24(29)22(32-25)13-19-12-18-6-4-5-7-21(18)31-16(19)3/h4-13,15-16H,14H2,1-3H3/b22-13-. The number of benzene rings is 2. The third-order valence-corrected chi connectivity index (χ3v) is 6.15. The number of para-hydroxylation sites is 1. The Balaban J connectivity index is 1.45. The normalized spacial score (nSPS) is 16.2. The maximum absolute atomic E-state index is 13.0. The molecule has 1 aliphatic rings. The Morgan fingerprint density at radius 1 is 1.19 bits per heavy atom. The Bertz CT molecular complexity index is 1420. The Morgan fingerprint density at radius 3 is 2.72 bits per heavy atom. The monoisotopic (exact) mass is 445 g/mol. The summed E-state index contributed by atoms with van der Waals surface area (Å²) >= 11 is 1.33. The molecule has 2 aromatic carbocycles. The van der Waals surface area contributed by atoms with Gasteiger partial charge in [-0.25, -0.2) is 0 Å². The van der Waals surface area contributed by atoms with Gasteiger partial charge < -0.3 is 9.47 Å². The van der Waals surface area contributed by atoms with Crippen molar-refractivity contribution in [2.45, 2.75) is 26.9 Å². The minimum absolute atomic E-state index is 0.140. The molecule has 0 radical (unpaired) electrons. The first-order valence-electron chi connectivity index (χ1n) is 10.6. The van der Waals surface area contributed by atoms with Crippen LogP contribution >= 0.6 is 11.3 Å². The van der Waals surface area contributed by atoms with E-state index in [1.165, 1.54) is 15.9 Å². The van der Waals surface area contributed by atoms with Crippen molar-refractivity contribution in [3.63, 3.8) is 0 Å². The molecule has 3 heterocycles. The molecule has 0 N–H and O–H groups in total. The van der Waals surface area contributed by atoms with Crippen LogP contribution in [0.25, 0.3) is 28.5 Å². The highest BCUT2D eigenvalue weighted by molar-refractivity contribution is 7.15. The van der Waals surface area contributed by atoms with Gasteiger partial charge in [-0.15, -0.1) is 5.10 Å². The molecule has 5 rings (SSSR count). The zero-order chi connectivity index (χ0) is 22.2. The van der Waals surface area contributed by atoms with E-state index >= 15 is 0 Å². The van der Waals surface area contributed by atoms with Gasteiger partial charge in [0.05, 0.1) is 11.1 Å². The average Bonchev–Trinajstić information content (AvgIpc) is 3.32. The van der Waals surface area contributed by atoms with Crippen LogP contribution in [-0.4, -0.2) is 27.3 Å². The van der Waals surface area contributed by atoms with Crippen LogP contribution < -0.4 is 19.6 Å². The zero-order valence-corrected chi connectivity index (χ0v) is 18.9. The molecule has 0 saturated heterocycles. The molecular formula is C25H23N3O3S. The second kappa shape index (κ2) is 8.24. The Hall–Kier alpha value is -3.45. The van der Waals surface area contributed by atoms with E-state index in [0.29, 0.717) is 27.8 Å². The summed E-state index contributed by atoms with van der Waals surface area (Å²) in [5.74, 6) is 2.65. The molecule has 2 aromatic heterocycles. The van der Waals surface area contributed by atoms with Gasteiger partial charge in [0, 0.05) is 11.1 Å². The van der Waals surface area contributed by atoms with E-state index in [1.54, 1.807) is 0 Å². The number of aromatic nitrogens is 3. The predicted octanol–water partition coefficient (Wildman–Crippen LogP) is 4.22. The second-order valence-electron chi connectivity index (χ2n) is 8.22. The van der Waals surface area contributed by atoms with Gasteiger partial charge in [0.1, 0.15) is 17.6 Å². The van der Waals surface area contributed by atoms with Crippen molar-refractivity contribution in [3.8, 4) is 22.9 Å². The lowest BCUT2D eigenvalue weighted by molar-refractivity contribution is 0.259. The van der Waals surface area contributed by atoms with Crippen LogP contribution in [0.15, 0.2) is 58.9 Å². The molecule has 0 bridgehead atoms. The molecule has 0 amide bonds. The van der Waals surface area contributed by atoms with Gasteiger partial charge >= 0.3 is 0 Å². The lowest BCUT2D eigenvalue weighted by atomic mass is 10.0. The number of ether oxygens (including phenoxy) is 2. The van der Waals surface area contributed by atoms with E-state index in [9.17, 15) is 4.79 Å². The molecule has 1 atom stereocenters. The van der Waals surface area contributed by atoms with Gasteiger partial charge in [0.25, 0.3) is 5.56 Å². The Labute approximate surface area is 189 Å². The molecule has 7 heteroatoms. The smallest absolute Gasteiger partial charge is 0.291 e. The molecule has 0 fully saturated rings. The summed E-state index contributed by atoms with van der Waals surface area (Å²) in [7, 11) is 0. The maximum Gasteiger partial charge on any atom is 0.291 e. The van der Waals surface area contributed by atoms with E-state index < -0.39 is 0 Å². The highest BCUT2D eigenvalue weighted by atomic mass is 32.1. The molecule has 4 aromatic rings. The SMILES string of the molecule is CC(C)COc1ccc(-c2nc3s/c(=C\C4=Cc5ccccc5OC4C)c(=O)n3n2)cc1. The molecule has 0 aliphatic carbocycles. The first kappa shape index (κ1) is 20.5. The third kappa shape index (κ3) is 3.91. The lowest BCUT2D eigenvalue weighted by Crippen LogP contribution is -2.26. The van der Waals surface area contributed by atoms with Crippen LogP contribution in [0.3, 0.4) is 0 Å². The summed E-state index contributed by atoms with van der Waals surface area (Å²) in [4.78, 5) is 18.1. The lowest BCUT2D eigenvalue weighted by Gasteiger charge is -2.22. The molecule has 0 spiro atoms. The number of rotatable bonds is 5. The quantitative estimate of drug-likeness (QED) is 0.460. The second-order valence-corrected chi connectivity index (χ2v) is 9.23. The number of hydrogen-bond donors (Lipinski definition) is 0. The van der Waals surface area contributed by atoms with Crippen molar-refractivity contribution in [2.24, 2.45) is 5.92 Å². The van der Waals surface area contributed by atoms with Gasteiger partial charge in [0.2, 0.25) is 4.96 Å². The first-order chi connectivity index (χ1) is 15.5. The van der Waals surface area contributed by atoms with Gasteiger partial charge in [-0.2, -0.15) is 9.50 Å². The van der Waals surface area contributed by atoms with E-state index in [2.05, 4.69) is 30.0 Å². The van der Waals surface area contributed by atoms with Gasteiger partial charge in [-0.1, -0.05) is 43.4 Å². The summed E-state index contributed by atoms with van der Waals surface area (Å²) in [6.07, 6.45) is 3.80. The van der Waals surface area contributed by atoms with E-state index in [-0.39, 0.29) is 11.7 Å². The van der Waals surface area contributed by atoms with Gasteiger partial charge in [0.15, 0.2) is 5.82 Å². The number of thiazole rings is 1. The van der Waals surface area contributed by atoms with Crippen molar-refractivity contribution in [2.75, 3.05) is 6.61 Å². The molecule has 0 saturated carbocycles. The predicted molar refractivity (Wildman–Crippen MR) is 127 cm³/mol. The van der Waals surface area contributed by atoms with Crippen molar-refractivity contribution in [3.05, 3.63) is 74.6 Å². The van der Waals surface area contributed by atoms with Crippen LogP contribution in [-0.2, 0) is 0 Å². The Kier molecular flexibility index (Phi) is 5.27.